The second-order valence-corrected chi connectivity index (χ2v) is 5.90. The van der Waals surface area contributed by atoms with Crippen molar-refractivity contribution in [2.24, 2.45) is 5.41 Å². The number of aryl methyl sites for hydroxylation is 1. The van der Waals surface area contributed by atoms with Crippen LogP contribution in [0.1, 0.15) is 32.5 Å². The summed E-state index contributed by atoms with van der Waals surface area (Å²) in [6, 6.07) is 0. The Kier molecular flexibility index (Phi) is 4.24. The fourth-order valence-electron chi connectivity index (χ4n) is 2.02. The summed E-state index contributed by atoms with van der Waals surface area (Å²) in [6.45, 7) is 7.21. The van der Waals surface area contributed by atoms with Crippen LogP contribution in [0.2, 0.25) is 0 Å². The molecule has 6 heteroatoms. The Hall–Kier alpha value is -1.36. The Morgan fingerprint density at radius 1 is 1.37 bits per heavy atom. The van der Waals surface area contributed by atoms with Gasteiger partial charge in [-0.3, -0.25) is 4.40 Å². The third-order valence-corrected chi connectivity index (χ3v) is 3.49. The molecule has 0 saturated carbocycles. The third kappa shape index (κ3) is 3.35. The number of halogens is 1. The molecule has 19 heavy (non-hydrogen) atoms. The molecule has 2 aromatic heterocycles. The molecular formula is C13H20ClN5. The highest BCUT2D eigenvalue weighted by Crippen LogP contribution is 2.23. The van der Waals surface area contributed by atoms with Crippen molar-refractivity contribution in [2.45, 2.75) is 33.6 Å². The Labute approximate surface area is 118 Å². The lowest BCUT2D eigenvalue weighted by Gasteiger charge is -2.24. The Balaban J connectivity index is 2.09. The van der Waals surface area contributed by atoms with Gasteiger partial charge in [0.05, 0.1) is 0 Å². The van der Waals surface area contributed by atoms with Gasteiger partial charge in [-0.05, 0) is 25.2 Å². The molecule has 0 unspecified atom stereocenters. The average Bonchev–Trinajstić information content (AvgIpc) is 2.77. The highest BCUT2D eigenvalue weighted by atomic mass is 35.5. The minimum atomic E-state index is 0.179. The number of rotatable bonds is 6. The molecule has 5 nitrogen and oxygen atoms in total. The zero-order valence-corrected chi connectivity index (χ0v) is 12.4. The van der Waals surface area contributed by atoms with E-state index in [1.54, 1.807) is 6.20 Å². The smallest absolute Gasteiger partial charge is 0.203 e. The fourth-order valence-corrected chi connectivity index (χ4v) is 2.16. The van der Waals surface area contributed by atoms with E-state index in [4.69, 9.17) is 11.6 Å². The molecule has 0 saturated heterocycles. The number of fused-ring (bicyclic) bond motifs is 1. The van der Waals surface area contributed by atoms with Gasteiger partial charge in [0.1, 0.15) is 5.82 Å². The Morgan fingerprint density at radius 3 is 2.89 bits per heavy atom. The van der Waals surface area contributed by atoms with E-state index >= 15 is 0 Å². The van der Waals surface area contributed by atoms with Crippen LogP contribution in [-0.2, 0) is 0 Å². The van der Waals surface area contributed by atoms with Crippen molar-refractivity contribution >= 4 is 23.1 Å². The van der Waals surface area contributed by atoms with Gasteiger partial charge in [0.25, 0.3) is 0 Å². The zero-order valence-electron chi connectivity index (χ0n) is 11.6. The Bertz CT molecular complexity index is 549. The van der Waals surface area contributed by atoms with Crippen LogP contribution in [-0.4, -0.2) is 32.0 Å². The third-order valence-electron chi connectivity index (χ3n) is 3.22. The molecule has 0 bridgehead atoms. The number of nitrogens with zero attached hydrogens (tertiary/aromatic N) is 4. The fraction of sp³-hybridized carbons (Fsp3) is 0.615. The summed E-state index contributed by atoms with van der Waals surface area (Å²) >= 11 is 5.75. The first-order valence-corrected chi connectivity index (χ1v) is 7.03. The highest BCUT2D eigenvalue weighted by Gasteiger charge is 2.18. The largest absolute Gasteiger partial charge is 0.366 e. The zero-order chi connectivity index (χ0) is 13.9. The van der Waals surface area contributed by atoms with Gasteiger partial charge in [-0.25, -0.2) is 4.98 Å². The molecule has 0 spiro atoms. The molecule has 2 heterocycles. The van der Waals surface area contributed by atoms with Crippen molar-refractivity contribution in [2.75, 3.05) is 17.7 Å². The summed E-state index contributed by atoms with van der Waals surface area (Å²) in [4.78, 5) is 4.34. The van der Waals surface area contributed by atoms with Gasteiger partial charge in [-0.1, -0.05) is 13.8 Å². The van der Waals surface area contributed by atoms with E-state index in [2.05, 4.69) is 34.3 Å². The lowest BCUT2D eigenvalue weighted by molar-refractivity contribution is 0.355. The number of anilines is 1. The predicted octanol–water partition coefficient (Wildman–Crippen LogP) is 2.89. The molecular weight excluding hydrogens is 262 g/mol. The van der Waals surface area contributed by atoms with Crippen LogP contribution < -0.4 is 5.32 Å². The minimum absolute atomic E-state index is 0.179. The lowest BCUT2D eigenvalue weighted by atomic mass is 9.88. The van der Waals surface area contributed by atoms with Crippen molar-refractivity contribution in [3.05, 3.63) is 18.2 Å². The summed E-state index contributed by atoms with van der Waals surface area (Å²) in [7, 11) is 0. The van der Waals surface area contributed by atoms with Gasteiger partial charge in [0, 0.05) is 24.8 Å². The summed E-state index contributed by atoms with van der Waals surface area (Å²) in [5.74, 6) is 2.35. The van der Waals surface area contributed by atoms with Gasteiger partial charge < -0.3 is 5.32 Å². The van der Waals surface area contributed by atoms with Gasteiger partial charge >= 0.3 is 0 Å². The SMILES string of the molecule is Cc1nnc2c(NCC(C)(C)CCCCl)nccn12. The first-order valence-electron chi connectivity index (χ1n) is 6.50. The van der Waals surface area contributed by atoms with Crippen molar-refractivity contribution < 1.29 is 0 Å². The maximum absolute atomic E-state index is 5.75. The van der Waals surface area contributed by atoms with Gasteiger partial charge in [0.15, 0.2) is 5.82 Å². The lowest BCUT2D eigenvalue weighted by Crippen LogP contribution is -2.24. The van der Waals surface area contributed by atoms with Gasteiger partial charge in [-0.15, -0.1) is 21.8 Å². The number of nitrogens with one attached hydrogen (secondary N) is 1. The van der Waals surface area contributed by atoms with E-state index < -0.39 is 0 Å². The average molecular weight is 282 g/mol. The highest BCUT2D eigenvalue weighted by molar-refractivity contribution is 6.17. The number of alkyl halides is 1. The second kappa shape index (κ2) is 5.74. The van der Waals surface area contributed by atoms with E-state index in [9.17, 15) is 0 Å². The number of hydrogen-bond donors (Lipinski definition) is 1. The summed E-state index contributed by atoms with van der Waals surface area (Å²) < 4.78 is 1.93. The van der Waals surface area contributed by atoms with Gasteiger partial charge in [0.2, 0.25) is 5.65 Å². The van der Waals surface area contributed by atoms with Gasteiger partial charge in [-0.2, -0.15) is 0 Å². The number of aromatic nitrogens is 4. The van der Waals surface area contributed by atoms with Crippen LogP contribution in [0.15, 0.2) is 12.4 Å². The van der Waals surface area contributed by atoms with E-state index in [0.717, 1.165) is 36.7 Å². The summed E-state index contributed by atoms with van der Waals surface area (Å²) in [5, 5.41) is 11.6. The topological polar surface area (TPSA) is 55.1 Å². The van der Waals surface area contributed by atoms with Crippen molar-refractivity contribution in [1.82, 2.24) is 19.6 Å². The van der Waals surface area contributed by atoms with Crippen LogP contribution in [0.3, 0.4) is 0 Å². The first kappa shape index (κ1) is 14.1. The minimum Gasteiger partial charge on any atom is -0.366 e. The van der Waals surface area contributed by atoms with Crippen LogP contribution in [0.5, 0.6) is 0 Å². The van der Waals surface area contributed by atoms with E-state index in [1.807, 2.05) is 17.5 Å². The molecule has 0 fully saturated rings. The molecule has 0 aromatic carbocycles. The maximum Gasteiger partial charge on any atom is 0.203 e. The monoisotopic (exact) mass is 281 g/mol. The van der Waals surface area contributed by atoms with Crippen molar-refractivity contribution in [1.29, 1.82) is 0 Å². The molecule has 104 valence electrons. The molecule has 0 aliphatic rings. The molecule has 1 N–H and O–H groups in total. The molecule has 0 aliphatic heterocycles. The van der Waals surface area contributed by atoms with E-state index in [-0.39, 0.29) is 5.41 Å². The maximum atomic E-state index is 5.75. The first-order chi connectivity index (χ1) is 9.03. The van der Waals surface area contributed by atoms with Crippen LogP contribution >= 0.6 is 11.6 Å². The molecule has 0 atom stereocenters. The second-order valence-electron chi connectivity index (χ2n) is 5.53. The van der Waals surface area contributed by atoms with Crippen molar-refractivity contribution in [3.63, 3.8) is 0 Å². The summed E-state index contributed by atoms with van der Waals surface area (Å²) in [6.07, 6.45) is 5.74. The molecule has 0 amide bonds. The van der Waals surface area contributed by atoms with E-state index in [1.165, 1.54) is 0 Å². The predicted molar refractivity (Wildman–Crippen MR) is 77.7 cm³/mol. The molecule has 0 radical (unpaired) electrons. The standard InChI is InChI=1S/C13H20ClN5/c1-10-17-18-12-11(15-7-8-19(10)12)16-9-13(2,3)5-4-6-14/h7-8H,4-6,9H2,1-3H3,(H,15,16). The summed E-state index contributed by atoms with van der Waals surface area (Å²) in [5.41, 5.74) is 0.950. The van der Waals surface area contributed by atoms with Crippen LogP contribution in [0.25, 0.3) is 5.65 Å². The molecule has 2 rings (SSSR count). The normalized spacial score (nSPS) is 12.0. The molecule has 0 aliphatic carbocycles. The number of hydrogen-bond acceptors (Lipinski definition) is 4. The van der Waals surface area contributed by atoms with Crippen LogP contribution in [0.4, 0.5) is 5.82 Å². The van der Waals surface area contributed by atoms with Crippen molar-refractivity contribution in [3.8, 4) is 0 Å². The quantitative estimate of drug-likeness (QED) is 0.827. The molecule has 2 aromatic rings. The Morgan fingerprint density at radius 2 is 2.16 bits per heavy atom. The van der Waals surface area contributed by atoms with E-state index in [0.29, 0.717) is 5.88 Å². The van der Waals surface area contributed by atoms with Crippen LogP contribution in [0, 0.1) is 12.3 Å².